The minimum absolute atomic E-state index is 0.0952. The normalized spacial score (nSPS) is 14.2. The second kappa shape index (κ2) is 24.4. The Hall–Kier alpha value is -9.02. The van der Waals surface area contributed by atoms with E-state index in [4.69, 9.17) is 36.2 Å². The average molecular weight is 1200 g/mol. The number of piperazine rings is 2. The maximum atomic E-state index is 14.9. The number of halogens is 2. The molecule has 5 N–H and O–H groups in total. The summed E-state index contributed by atoms with van der Waals surface area (Å²) >= 11 is 2.13. The summed E-state index contributed by atoms with van der Waals surface area (Å²) in [5.41, 5.74) is 15.9. The minimum atomic E-state index is -0.611. The van der Waals surface area contributed by atoms with E-state index in [1.54, 1.807) is 63.9 Å². The molecular weight excluding hydrogens is 1140 g/mol. The number of aromatic amines is 1. The highest BCUT2D eigenvalue weighted by Gasteiger charge is 2.26. The van der Waals surface area contributed by atoms with Crippen LogP contribution in [0.3, 0.4) is 0 Å². The molecule has 0 amide bonds. The van der Waals surface area contributed by atoms with E-state index in [1.807, 2.05) is 9.80 Å². The lowest BCUT2D eigenvalue weighted by Crippen LogP contribution is -2.47. The molecule has 9 aromatic heterocycles. The molecule has 2 saturated heterocycles. The van der Waals surface area contributed by atoms with Gasteiger partial charge in [0.05, 0.1) is 30.1 Å². The average Bonchev–Trinajstić information content (AvgIpc) is 2.26. The first-order valence-electron chi connectivity index (χ1n) is 26.8. The SMILES string of the molecule is C#CCOc1ccc(N2CCN(CCn3c(=O)sc4c3nc(N)n3nc(-c5ccco5)nc43)CC2)c(F)c1.C[Si](C)(C)C.Nc1nc2c(sc(=O)n2CCN2CCN(c3ccc(OCc4cn[nH]n4)cc3F)CC2)c2nc(-c3ccco3)nn12. The fourth-order valence-corrected chi connectivity index (χ4v) is 11.3. The number of terminal acetylenes is 1. The van der Waals surface area contributed by atoms with Crippen molar-refractivity contribution in [3.8, 4) is 47.0 Å². The molecule has 2 aromatic carbocycles. The Morgan fingerprint density at radius 1 is 0.655 bits per heavy atom. The predicted molar refractivity (Wildman–Crippen MR) is 319 cm³/mol. The van der Waals surface area contributed by atoms with Gasteiger partial charge in [0, 0.05) is 98.7 Å². The standard InChI is InChI=1S/C25H24FN11O3S.C25H23FN8O3S.C4H12Si/c26-17-12-16(40-14-15-13-28-33-31-15)3-4-18(17)35-8-5-34(6-9-35)7-10-36-22-20(41-25(36)38)23-29-21(19-2-1-11-39-19)32-37(23)24(27)30-22;1-2-13-36-16-5-6-18(17(26)15-16)32-10-7-31(8-11-32)9-12-33-22-20(38-25(33)35)23-28-21(19-4-3-14-37-19)30-34(23)24(27)29-22;1-5(2,3)4/h1-4,11-13H,5-10,14H2,(H2,27,30)(H,28,31,33);1,3-6,14-15H,7-13H2,(H2,27,29);1-4H3. The van der Waals surface area contributed by atoms with Gasteiger partial charge in [0.25, 0.3) is 0 Å². The summed E-state index contributed by atoms with van der Waals surface area (Å²) in [7, 11) is -0.611. The summed E-state index contributed by atoms with van der Waals surface area (Å²) in [4.78, 5) is 52.1. The summed E-state index contributed by atoms with van der Waals surface area (Å²) in [6, 6.07) is 16.7. The smallest absolute Gasteiger partial charge is 0.309 e. The Balaban J connectivity index is 0.000000163. The number of thiazole rings is 2. The monoisotopic (exact) mass is 1200 g/mol. The molecule has 25 nitrogen and oxygen atoms in total. The van der Waals surface area contributed by atoms with Crippen molar-refractivity contribution in [1.82, 2.24) is 73.5 Å². The maximum absolute atomic E-state index is 14.9. The number of hydrogen-bond acceptors (Lipinski definition) is 22. The van der Waals surface area contributed by atoms with Crippen LogP contribution in [0.2, 0.25) is 26.2 Å². The van der Waals surface area contributed by atoms with Gasteiger partial charge in [-0.15, -0.1) is 16.6 Å². The number of anilines is 4. The van der Waals surface area contributed by atoms with Crippen molar-refractivity contribution in [1.29, 1.82) is 0 Å². The first-order valence-corrected chi connectivity index (χ1v) is 32.4. The molecule has 2 aliphatic rings. The number of benzene rings is 2. The van der Waals surface area contributed by atoms with Crippen LogP contribution in [0.1, 0.15) is 5.69 Å². The van der Waals surface area contributed by atoms with Crippen LogP contribution in [0, 0.1) is 24.0 Å². The summed E-state index contributed by atoms with van der Waals surface area (Å²) in [6.45, 7) is 17.2. The molecule has 11 aromatic rings. The number of ether oxygens (including phenoxy) is 2. The van der Waals surface area contributed by atoms with E-state index in [9.17, 15) is 18.4 Å². The summed E-state index contributed by atoms with van der Waals surface area (Å²) in [5.74, 6) is 4.52. The van der Waals surface area contributed by atoms with E-state index in [-0.39, 0.29) is 46.5 Å². The van der Waals surface area contributed by atoms with Crippen molar-refractivity contribution in [2.24, 2.45) is 0 Å². The lowest BCUT2D eigenvalue weighted by atomic mass is 10.2. The minimum Gasteiger partial charge on any atom is -0.487 e. The molecule has 11 heterocycles. The molecular formula is C54H59F2N19O6S2Si. The predicted octanol–water partition coefficient (Wildman–Crippen LogP) is 6.27. The summed E-state index contributed by atoms with van der Waals surface area (Å²) < 4.78 is 58.6. The Kier molecular flexibility index (Phi) is 16.5. The summed E-state index contributed by atoms with van der Waals surface area (Å²) in [6.07, 6.45) is 9.83. The number of nitrogen functional groups attached to an aromatic ring is 2. The quantitative estimate of drug-likeness (QED) is 0.0753. The Labute approximate surface area is 486 Å². The molecule has 0 spiro atoms. The molecule has 0 saturated carbocycles. The van der Waals surface area contributed by atoms with Crippen molar-refractivity contribution >= 4 is 86.0 Å². The number of nitrogens with two attached hydrogens (primary N) is 2. The van der Waals surface area contributed by atoms with Crippen molar-refractivity contribution in [3.05, 3.63) is 116 Å². The number of nitrogens with one attached hydrogen (secondary N) is 1. The number of nitrogens with zero attached hydrogens (tertiary/aromatic N) is 16. The van der Waals surface area contributed by atoms with E-state index >= 15 is 0 Å². The van der Waals surface area contributed by atoms with E-state index in [2.05, 4.69) is 87.5 Å². The number of rotatable bonds is 15. The Morgan fingerprint density at radius 2 is 1.12 bits per heavy atom. The van der Waals surface area contributed by atoms with E-state index in [1.165, 1.54) is 33.7 Å². The van der Waals surface area contributed by atoms with Gasteiger partial charge in [-0.1, -0.05) is 54.8 Å². The van der Waals surface area contributed by atoms with Crippen LogP contribution in [0.25, 0.3) is 55.2 Å². The van der Waals surface area contributed by atoms with Gasteiger partial charge in [0.1, 0.15) is 51.4 Å². The Morgan fingerprint density at radius 3 is 1.52 bits per heavy atom. The third kappa shape index (κ3) is 12.6. The third-order valence-corrected chi connectivity index (χ3v) is 15.4. The molecule has 30 heteroatoms. The topological polar surface area (TPSA) is 281 Å². The van der Waals surface area contributed by atoms with Gasteiger partial charge in [0.2, 0.25) is 23.5 Å². The largest absolute Gasteiger partial charge is 0.487 e. The molecule has 436 valence electrons. The molecule has 2 fully saturated rings. The van der Waals surface area contributed by atoms with Crippen molar-refractivity contribution in [3.63, 3.8) is 0 Å². The van der Waals surface area contributed by atoms with Crippen LogP contribution in [0.4, 0.5) is 32.1 Å². The molecule has 0 aliphatic carbocycles. The number of H-pyrrole nitrogens is 1. The van der Waals surface area contributed by atoms with Crippen LogP contribution >= 0.6 is 22.7 Å². The highest BCUT2D eigenvalue weighted by molar-refractivity contribution is 7.17. The molecule has 0 unspecified atom stereocenters. The van der Waals surface area contributed by atoms with Gasteiger partial charge in [-0.25, -0.2) is 18.7 Å². The lowest BCUT2D eigenvalue weighted by molar-refractivity contribution is 0.248. The second-order valence-electron chi connectivity index (χ2n) is 21.2. The van der Waals surface area contributed by atoms with Gasteiger partial charge in [-0.05, 0) is 48.5 Å². The van der Waals surface area contributed by atoms with Crippen molar-refractivity contribution in [2.75, 3.05) is 93.3 Å². The van der Waals surface area contributed by atoms with E-state index < -0.39 is 8.07 Å². The first kappa shape index (κ1) is 56.8. The lowest BCUT2D eigenvalue weighted by Gasteiger charge is -2.36. The number of fused-ring (bicyclic) bond motifs is 6. The van der Waals surface area contributed by atoms with Gasteiger partial charge in [-0.2, -0.15) is 34.4 Å². The highest BCUT2D eigenvalue weighted by atomic mass is 32.1. The number of furan rings is 2. The fraction of sp³-hybridized carbons (Fsp3) is 0.333. The molecule has 13 rings (SSSR count). The van der Waals surface area contributed by atoms with Crippen LogP contribution in [-0.4, -0.2) is 154 Å². The number of aromatic nitrogens is 13. The van der Waals surface area contributed by atoms with Gasteiger partial charge in [-0.3, -0.25) is 28.5 Å². The van der Waals surface area contributed by atoms with Gasteiger partial charge >= 0.3 is 9.75 Å². The zero-order valence-electron chi connectivity index (χ0n) is 46.3. The van der Waals surface area contributed by atoms with Gasteiger partial charge < -0.3 is 39.6 Å². The third-order valence-electron chi connectivity index (χ3n) is 13.4. The molecule has 2 aliphatic heterocycles. The van der Waals surface area contributed by atoms with Crippen molar-refractivity contribution in [2.45, 2.75) is 45.9 Å². The fourth-order valence-electron chi connectivity index (χ4n) is 9.42. The molecule has 84 heavy (non-hydrogen) atoms. The first-order chi connectivity index (χ1) is 40.5. The zero-order chi connectivity index (χ0) is 58.6. The zero-order valence-corrected chi connectivity index (χ0v) is 48.9. The Bertz CT molecular complexity index is 4220. The van der Waals surface area contributed by atoms with Crippen LogP contribution in [0.5, 0.6) is 11.5 Å². The van der Waals surface area contributed by atoms with Gasteiger partial charge in [0.15, 0.2) is 34.1 Å². The molecule has 0 radical (unpaired) electrons. The van der Waals surface area contributed by atoms with E-state index in [0.717, 1.165) is 48.9 Å². The van der Waals surface area contributed by atoms with Crippen LogP contribution in [0.15, 0.2) is 97.8 Å². The maximum Gasteiger partial charge on any atom is 0.309 e. The molecule has 0 atom stereocenters. The number of hydrogen-bond donors (Lipinski definition) is 3. The summed E-state index contributed by atoms with van der Waals surface area (Å²) in [5, 5.41) is 18.9. The van der Waals surface area contributed by atoms with Crippen LogP contribution in [-0.2, 0) is 19.7 Å². The highest BCUT2D eigenvalue weighted by Crippen LogP contribution is 2.30. The van der Waals surface area contributed by atoms with Crippen LogP contribution < -0.4 is 40.5 Å². The van der Waals surface area contributed by atoms with Crippen molar-refractivity contribution < 1.29 is 27.1 Å². The molecule has 0 bridgehead atoms. The second-order valence-corrected chi connectivity index (χ2v) is 29.1. The van der Waals surface area contributed by atoms with E-state index in [0.29, 0.717) is 136 Å².